The van der Waals surface area contributed by atoms with Gasteiger partial charge in [0.1, 0.15) is 0 Å². The first kappa shape index (κ1) is 22.0. The first-order valence-corrected chi connectivity index (χ1v) is 9.95. The number of nitrogens with zero attached hydrogens (tertiary/aromatic N) is 2. The maximum Gasteiger partial charge on any atom is 0.242 e. The second-order valence-corrected chi connectivity index (χ2v) is 7.67. The van der Waals surface area contributed by atoms with E-state index in [1.807, 2.05) is 11.0 Å². The van der Waals surface area contributed by atoms with Gasteiger partial charge in [0.05, 0.1) is 6.54 Å². The Balaban J connectivity index is 0.00000261. The molecule has 0 unspecified atom stereocenters. The first-order chi connectivity index (χ1) is 12.7. The van der Waals surface area contributed by atoms with Crippen molar-refractivity contribution >= 4 is 35.8 Å². The lowest BCUT2D eigenvalue weighted by molar-refractivity contribution is -0.130. The SMILES string of the molecule is CCC1(CNC(=NC)NCC(=O)N2CCc3ccccc3C2)CCCC1.I. The van der Waals surface area contributed by atoms with Crippen molar-refractivity contribution in [3.05, 3.63) is 35.4 Å². The van der Waals surface area contributed by atoms with Gasteiger partial charge < -0.3 is 15.5 Å². The van der Waals surface area contributed by atoms with Crippen LogP contribution in [0.25, 0.3) is 0 Å². The second-order valence-electron chi connectivity index (χ2n) is 7.67. The van der Waals surface area contributed by atoms with Gasteiger partial charge in [-0.15, -0.1) is 24.0 Å². The van der Waals surface area contributed by atoms with E-state index in [1.165, 1.54) is 43.2 Å². The van der Waals surface area contributed by atoms with Gasteiger partial charge in [0, 0.05) is 26.7 Å². The summed E-state index contributed by atoms with van der Waals surface area (Å²) in [5, 5.41) is 6.65. The predicted octanol–water partition coefficient (Wildman–Crippen LogP) is 3.32. The van der Waals surface area contributed by atoms with E-state index in [1.54, 1.807) is 7.05 Å². The minimum absolute atomic E-state index is 0. The molecule has 0 saturated heterocycles. The number of halogens is 1. The highest BCUT2D eigenvalue weighted by molar-refractivity contribution is 14.0. The standard InChI is InChI=1S/C21H32N4O.HI/c1-3-21(11-6-7-12-21)16-24-20(22-2)23-14-19(26)25-13-10-17-8-4-5-9-18(17)15-25;/h4-5,8-9H,3,6-7,10-16H2,1-2H3,(H2,22,23,24);1H. The Morgan fingerprint density at radius 3 is 2.56 bits per heavy atom. The van der Waals surface area contributed by atoms with E-state index in [4.69, 9.17) is 0 Å². The monoisotopic (exact) mass is 484 g/mol. The summed E-state index contributed by atoms with van der Waals surface area (Å²) in [5.41, 5.74) is 3.03. The largest absolute Gasteiger partial charge is 0.356 e. The number of amides is 1. The lowest BCUT2D eigenvalue weighted by Gasteiger charge is -2.30. The minimum atomic E-state index is 0. The molecule has 3 rings (SSSR count). The average Bonchev–Trinajstić information content (AvgIpc) is 3.17. The van der Waals surface area contributed by atoms with Crippen molar-refractivity contribution in [2.24, 2.45) is 10.4 Å². The molecule has 27 heavy (non-hydrogen) atoms. The van der Waals surface area contributed by atoms with E-state index in [9.17, 15) is 4.79 Å². The van der Waals surface area contributed by atoms with Crippen molar-refractivity contribution in [2.75, 3.05) is 26.7 Å². The smallest absolute Gasteiger partial charge is 0.242 e. The number of carbonyl (C=O) groups is 1. The molecular weight excluding hydrogens is 451 g/mol. The summed E-state index contributed by atoms with van der Waals surface area (Å²) < 4.78 is 0. The highest BCUT2D eigenvalue weighted by Crippen LogP contribution is 2.40. The molecule has 1 heterocycles. The molecule has 0 atom stereocenters. The third kappa shape index (κ3) is 5.59. The molecule has 150 valence electrons. The quantitative estimate of drug-likeness (QED) is 0.383. The van der Waals surface area contributed by atoms with Crippen LogP contribution in [0.2, 0.25) is 0 Å². The van der Waals surface area contributed by atoms with Crippen molar-refractivity contribution < 1.29 is 4.79 Å². The number of nitrogens with one attached hydrogen (secondary N) is 2. The van der Waals surface area contributed by atoms with Crippen LogP contribution in [0.5, 0.6) is 0 Å². The number of carbonyl (C=O) groups excluding carboxylic acids is 1. The molecule has 1 amide bonds. The lowest BCUT2D eigenvalue weighted by atomic mass is 9.83. The number of benzene rings is 1. The van der Waals surface area contributed by atoms with Crippen LogP contribution >= 0.6 is 24.0 Å². The predicted molar refractivity (Wildman–Crippen MR) is 122 cm³/mol. The summed E-state index contributed by atoms with van der Waals surface area (Å²) in [4.78, 5) is 18.8. The molecule has 0 bridgehead atoms. The first-order valence-electron chi connectivity index (χ1n) is 9.95. The van der Waals surface area contributed by atoms with Crippen LogP contribution in [0.4, 0.5) is 0 Å². The molecular formula is C21H33IN4O. The average molecular weight is 484 g/mol. The van der Waals surface area contributed by atoms with E-state index < -0.39 is 0 Å². The molecule has 0 aromatic heterocycles. The molecule has 0 radical (unpaired) electrons. The third-order valence-electron chi connectivity index (χ3n) is 6.16. The summed E-state index contributed by atoms with van der Waals surface area (Å²) in [7, 11) is 1.77. The number of hydrogen-bond acceptors (Lipinski definition) is 2. The molecule has 6 heteroatoms. The second kappa shape index (κ2) is 10.3. The lowest BCUT2D eigenvalue weighted by Crippen LogP contribution is -2.47. The number of hydrogen-bond donors (Lipinski definition) is 2. The fraction of sp³-hybridized carbons (Fsp3) is 0.619. The highest BCUT2D eigenvalue weighted by atomic mass is 127. The van der Waals surface area contributed by atoms with Crippen LogP contribution in [0.3, 0.4) is 0 Å². The topological polar surface area (TPSA) is 56.7 Å². The molecule has 1 aromatic rings. The maximum absolute atomic E-state index is 12.6. The summed E-state index contributed by atoms with van der Waals surface area (Å²) in [5.74, 6) is 0.865. The van der Waals surface area contributed by atoms with Gasteiger partial charge in [-0.2, -0.15) is 0 Å². The van der Waals surface area contributed by atoms with Crippen molar-refractivity contribution in [3.63, 3.8) is 0 Å². The van der Waals surface area contributed by atoms with Crippen LogP contribution in [-0.4, -0.2) is 43.4 Å². The van der Waals surface area contributed by atoms with Crippen LogP contribution in [0.15, 0.2) is 29.3 Å². The molecule has 1 aromatic carbocycles. The number of rotatable bonds is 5. The Kier molecular flexibility index (Phi) is 8.38. The van der Waals surface area contributed by atoms with E-state index in [0.29, 0.717) is 18.5 Å². The zero-order valence-electron chi connectivity index (χ0n) is 16.6. The molecule has 2 N–H and O–H groups in total. The summed E-state index contributed by atoms with van der Waals surface area (Å²) in [6, 6.07) is 8.40. The number of fused-ring (bicyclic) bond motifs is 1. The van der Waals surface area contributed by atoms with Gasteiger partial charge in [-0.3, -0.25) is 9.79 Å². The fourth-order valence-electron chi connectivity index (χ4n) is 4.25. The third-order valence-corrected chi connectivity index (χ3v) is 6.16. The Morgan fingerprint density at radius 1 is 1.19 bits per heavy atom. The molecule has 5 nitrogen and oxygen atoms in total. The Bertz CT molecular complexity index is 655. The summed E-state index contributed by atoms with van der Waals surface area (Å²) >= 11 is 0. The van der Waals surface area contributed by atoms with Gasteiger partial charge in [-0.05, 0) is 42.2 Å². The minimum Gasteiger partial charge on any atom is -0.356 e. The van der Waals surface area contributed by atoms with Crippen LogP contribution in [0.1, 0.15) is 50.2 Å². The summed E-state index contributed by atoms with van der Waals surface area (Å²) in [6.07, 6.45) is 7.38. The van der Waals surface area contributed by atoms with Gasteiger partial charge in [0.2, 0.25) is 5.91 Å². The van der Waals surface area contributed by atoms with E-state index in [-0.39, 0.29) is 29.9 Å². The Hall–Kier alpha value is -1.31. The van der Waals surface area contributed by atoms with Gasteiger partial charge in [0.25, 0.3) is 0 Å². The molecule has 1 aliphatic heterocycles. The van der Waals surface area contributed by atoms with Gasteiger partial charge in [-0.25, -0.2) is 0 Å². The fourth-order valence-corrected chi connectivity index (χ4v) is 4.25. The van der Waals surface area contributed by atoms with Crippen LogP contribution in [-0.2, 0) is 17.8 Å². The maximum atomic E-state index is 12.6. The number of guanidine groups is 1. The highest BCUT2D eigenvalue weighted by Gasteiger charge is 2.32. The molecule has 0 spiro atoms. The number of aliphatic imine (C=N–C) groups is 1. The zero-order valence-corrected chi connectivity index (χ0v) is 18.9. The Labute approximate surface area is 180 Å². The van der Waals surface area contributed by atoms with E-state index >= 15 is 0 Å². The van der Waals surface area contributed by atoms with Crippen LogP contribution in [0, 0.1) is 5.41 Å². The van der Waals surface area contributed by atoms with Crippen molar-refractivity contribution in [3.8, 4) is 0 Å². The Morgan fingerprint density at radius 2 is 1.89 bits per heavy atom. The molecule has 2 aliphatic rings. The van der Waals surface area contributed by atoms with E-state index in [0.717, 1.165) is 25.5 Å². The molecule has 1 saturated carbocycles. The van der Waals surface area contributed by atoms with Crippen LogP contribution < -0.4 is 10.6 Å². The van der Waals surface area contributed by atoms with E-state index in [2.05, 4.69) is 40.7 Å². The van der Waals surface area contributed by atoms with Crippen molar-refractivity contribution in [2.45, 2.75) is 52.0 Å². The zero-order chi connectivity index (χ0) is 18.4. The van der Waals surface area contributed by atoms with Crippen molar-refractivity contribution in [1.29, 1.82) is 0 Å². The van der Waals surface area contributed by atoms with Gasteiger partial charge >= 0.3 is 0 Å². The summed E-state index contributed by atoms with van der Waals surface area (Å²) in [6.45, 7) is 5.01. The van der Waals surface area contributed by atoms with Gasteiger partial charge in [0.15, 0.2) is 5.96 Å². The van der Waals surface area contributed by atoms with Crippen molar-refractivity contribution in [1.82, 2.24) is 15.5 Å². The normalized spacial score (nSPS) is 18.4. The molecule has 1 fully saturated rings. The van der Waals surface area contributed by atoms with Gasteiger partial charge in [-0.1, -0.05) is 44.0 Å². The molecule has 1 aliphatic carbocycles.